The van der Waals surface area contributed by atoms with Crippen LogP contribution in [-0.2, 0) is 0 Å². The smallest absolute Gasteiger partial charge is 0.291 e. The van der Waals surface area contributed by atoms with E-state index < -0.39 is 5.91 Å². The summed E-state index contributed by atoms with van der Waals surface area (Å²) < 4.78 is 5.48. The van der Waals surface area contributed by atoms with E-state index in [1.165, 1.54) is 18.6 Å². The maximum absolute atomic E-state index is 11.7. The number of ether oxygens (including phenoxy) is 1. The first-order valence-electron chi connectivity index (χ1n) is 6.62. The summed E-state index contributed by atoms with van der Waals surface area (Å²) in [7, 11) is 0. The number of rotatable bonds is 6. The van der Waals surface area contributed by atoms with Gasteiger partial charge in [-0.25, -0.2) is 10.4 Å². The van der Waals surface area contributed by atoms with Gasteiger partial charge >= 0.3 is 0 Å². The Morgan fingerprint density at radius 3 is 2.81 bits per heavy atom. The van der Waals surface area contributed by atoms with Crippen molar-refractivity contribution < 1.29 is 9.53 Å². The third-order valence-corrected chi connectivity index (χ3v) is 2.53. The number of nitrogens with zero attached hydrogens (tertiary/aromatic N) is 3. The minimum Gasteiger partial charge on any atom is -0.494 e. The highest BCUT2D eigenvalue weighted by Crippen LogP contribution is 2.11. The summed E-state index contributed by atoms with van der Waals surface area (Å²) in [6.45, 7) is 2.75. The summed E-state index contributed by atoms with van der Waals surface area (Å²) in [6.07, 6.45) is 6.86. The molecule has 1 amide bonds. The molecule has 1 aromatic heterocycles. The van der Waals surface area contributed by atoms with Gasteiger partial charge in [-0.15, -0.1) is 0 Å². The molecule has 6 nitrogen and oxygen atoms in total. The first-order valence-corrected chi connectivity index (χ1v) is 6.62. The molecule has 0 saturated heterocycles. The van der Waals surface area contributed by atoms with E-state index in [9.17, 15) is 4.79 Å². The van der Waals surface area contributed by atoms with Gasteiger partial charge in [-0.1, -0.05) is 6.92 Å². The van der Waals surface area contributed by atoms with Crippen LogP contribution in [0.25, 0.3) is 0 Å². The van der Waals surface area contributed by atoms with Gasteiger partial charge in [0.25, 0.3) is 5.91 Å². The quantitative estimate of drug-likeness (QED) is 0.650. The number of carbonyl (C=O) groups is 1. The molecule has 0 aliphatic rings. The number of hydrogen-bond donors (Lipinski definition) is 1. The summed E-state index contributed by atoms with van der Waals surface area (Å²) in [6, 6.07) is 7.45. The van der Waals surface area contributed by atoms with Gasteiger partial charge in [0, 0.05) is 12.4 Å². The minimum atomic E-state index is -0.401. The fourth-order valence-corrected chi connectivity index (χ4v) is 1.51. The molecule has 21 heavy (non-hydrogen) atoms. The summed E-state index contributed by atoms with van der Waals surface area (Å²) in [5.74, 6) is 0.417. The van der Waals surface area contributed by atoms with Crippen LogP contribution >= 0.6 is 0 Å². The summed E-state index contributed by atoms with van der Waals surface area (Å²) in [5, 5.41) is 3.88. The van der Waals surface area contributed by atoms with Crippen LogP contribution < -0.4 is 10.2 Å². The third-order valence-electron chi connectivity index (χ3n) is 2.53. The van der Waals surface area contributed by atoms with E-state index in [0.29, 0.717) is 6.61 Å². The normalized spacial score (nSPS) is 10.5. The lowest BCUT2D eigenvalue weighted by molar-refractivity contribution is 0.0949. The van der Waals surface area contributed by atoms with Gasteiger partial charge in [-0.05, 0) is 36.2 Å². The average Bonchev–Trinajstić information content (AvgIpc) is 2.55. The molecule has 0 fully saturated rings. The molecule has 6 heteroatoms. The zero-order valence-corrected chi connectivity index (χ0v) is 11.7. The molecule has 2 rings (SSSR count). The van der Waals surface area contributed by atoms with Gasteiger partial charge in [-0.3, -0.25) is 9.78 Å². The van der Waals surface area contributed by atoms with Crippen LogP contribution in [0, 0.1) is 0 Å². The Bertz CT molecular complexity index is 597. The standard InChI is InChI=1S/C15H16N4O2/c1-2-9-21-13-5-3-12(4-6-13)10-18-19-15(20)14-11-16-7-8-17-14/h3-8,10-11H,2,9H2,1H3,(H,19,20)/b18-10+. The Kier molecular flexibility index (Phi) is 5.40. The molecule has 1 heterocycles. The van der Waals surface area contributed by atoms with Crippen molar-refractivity contribution >= 4 is 12.1 Å². The average molecular weight is 284 g/mol. The zero-order chi connectivity index (χ0) is 14.9. The van der Waals surface area contributed by atoms with Crippen LogP contribution in [-0.4, -0.2) is 28.7 Å². The van der Waals surface area contributed by atoms with Crippen LogP contribution in [0.15, 0.2) is 48.0 Å². The molecule has 0 aliphatic carbocycles. The lowest BCUT2D eigenvalue weighted by Crippen LogP contribution is -2.19. The molecule has 108 valence electrons. The van der Waals surface area contributed by atoms with Gasteiger partial charge in [0.05, 0.1) is 19.0 Å². The van der Waals surface area contributed by atoms with Crippen molar-refractivity contribution in [2.24, 2.45) is 5.10 Å². The van der Waals surface area contributed by atoms with Crippen molar-refractivity contribution in [2.45, 2.75) is 13.3 Å². The molecule has 0 aliphatic heterocycles. The van der Waals surface area contributed by atoms with Crippen molar-refractivity contribution in [2.75, 3.05) is 6.61 Å². The SMILES string of the molecule is CCCOc1ccc(/C=N/NC(=O)c2cnccn2)cc1. The summed E-state index contributed by atoms with van der Waals surface area (Å²) >= 11 is 0. The topological polar surface area (TPSA) is 76.5 Å². The van der Waals surface area contributed by atoms with Crippen molar-refractivity contribution in [3.8, 4) is 5.75 Å². The lowest BCUT2D eigenvalue weighted by Gasteiger charge is -2.03. The Labute approximate surface area is 122 Å². The molecule has 0 saturated carbocycles. The van der Waals surface area contributed by atoms with Crippen LogP contribution in [0.5, 0.6) is 5.75 Å². The number of benzene rings is 1. The number of hydrogen-bond acceptors (Lipinski definition) is 5. The molecular weight excluding hydrogens is 268 g/mol. The maximum atomic E-state index is 11.7. The predicted molar refractivity (Wildman–Crippen MR) is 79.3 cm³/mol. The largest absolute Gasteiger partial charge is 0.494 e. The number of amides is 1. The Morgan fingerprint density at radius 1 is 1.33 bits per heavy atom. The van der Waals surface area contributed by atoms with E-state index in [1.54, 1.807) is 6.21 Å². The fraction of sp³-hybridized carbons (Fsp3) is 0.200. The number of hydrazone groups is 1. The molecule has 2 aromatic rings. The first kappa shape index (κ1) is 14.6. The van der Waals surface area contributed by atoms with Gasteiger partial charge in [-0.2, -0.15) is 5.10 Å². The third kappa shape index (κ3) is 4.68. The maximum Gasteiger partial charge on any atom is 0.291 e. The molecule has 0 radical (unpaired) electrons. The van der Waals surface area contributed by atoms with Crippen LogP contribution in [0.4, 0.5) is 0 Å². The Hall–Kier alpha value is -2.76. The van der Waals surface area contributed by atoms with Gasteiger partial charge in [0.2, 0.25) is 0 Å². The number of nitrogens with one attached hydrogen (secondary N) is 1. The summed E-state index contributed by atoms with van der Waals surface area (Å²) in [4.78, 5) is 19.4. The molecule has 0 bridgehead atoms. The number of carbonyl (C=O) groups excluding carboxylic acids is 1. The Balaban J connectivity index is 1.88. The van der Waals surface area contributed by atoms with Crippen LogP contribution in [0.2, 0.25) is 0 Å². The van der Waals surface area contributed by atoms with E-state index in [-0.39, 0.29) is 5.69 Å². The molecule has 0 unspecified atom stereocenters. The van der Waals surface area contributed by atoms with E-state index in [0.717, 1.165) is 17.7 Å². The van der Waals surface area contributed by atoms with Crippen LogP contribution in [0.3, 0.4) is 0 Å². The van der Waals surface area contributed by atoms with Gasteiger partial charge in [0.1, 0.15) is 11.4 Å². The molecule has 1 aromatic carbocycles. The predicted octanol–water partition coefficient (Wildman–Crippen LogP) is 2.03. The van der Waals surface area contributed by atoms with Crippen LogP contribution in [0.1, 0.15) is 29.4 Å². The highest BCUT2D eigenvalue weighted by atomic mass is 16.5. The molecular formula is C15H16N4O2. The minimum absolute atomic E-state index is 0.220. The van der Waals surface area contributed by atoms with Crippen molar-refractivity contribution in [1.29, 1.82) is 0 Å². The fourth-order valence-electron chi connectivity index (χ4n) is 1.51. The van der Waals surface area contributed by atoms with E-state index >= 15 is 0 Å². The monoisotopic (exact) mass is 284 g/mol. The number of aromatic nitrogens is 2. The summed E-state index contributed by atoms with van der Waals surface area (Å²) in [5.41, 5.74) is 3.47. The molecule has 0 spiro atoms. The molecule has 1 N–H and O–H groups in total. The highest BCUT2D eigenvalue weighted by Gasteiger charge is 2.04. The zero-order valence-electron chi connectivity index (χ0n) is 11.7. The van der Waals surface area contributed by atoms with E-state index in [1.807, 2.05) is 24.3 Å². The van der Waals surface area contributed by atoms with Gasteiger partial charge in [0.15, 0.2) is 0 Å². The van der Waals surface area contributed by atoms with Crippen molar-refractivity contribution in [3.05, 3.63) is 54.1 Å². The van der Waals surface area contributed by atoms with Crippen molar-refractivity contribution in [1.82, 2.24) is 15.4 Å². The van der Waals surface area contributed by atoms with E-state index in [4.69, 9.17) is 4.74 Å². The second-order valence-electron chi connectivity index (χ2n) is 4.21. The van der Waals surface area contributed by atoms with E-state index in [2.05, 4.69) is 27.4 Å². The second-order valence-corrected chi connectivity index (χ2v) is 4.21. The lowest BCUT2D eigenvalue weighted by atomic mass is 10.2. The molecule has 0 atom stereocenters. The second kappa shape index (κ2) is 7.74. The highest BCUT2D eigenvalue weighted by molar-refractivity contribution is 5.92. The van der Waals surface area contributed by atoms with Gasteiger partial charge < -0.3 is 4.74 Å². The first-order chi connectivity index (χ1) is 10.3. The van der Waals surface area contributed by atoms with Crippen molar-refractivity contribution in [3.63, 3.8) is 0 Å². The Morgan fingerprint density at radius 2 is 2.14 bits per heavy atom.